The summed E-state index contributed by atoms with van der Waals surface area (Å²) in [5.41, 5.74) is 0.440. The van der Waals surface area contributed by atoms with E-state index in [0.717, 1.165) is 30.3 Å². The van der Waals surface area contributed by atoms with E-state index in [-0.39, 0.29) is 5.91 Å². The van der Waals surface area contributed by atoms with E-state index >= 15 is 0 Å². The van der Waals surface area contributed by atoms with Gasteiger partial charge in [0, 0.05) is 25.0 Å². The van der Waals surface area contributed by atoms with Gasteiger partial charge in [0.15, 0.2) is 0 Å². The van der Waals surface area contributed by atoms with E-state index in [9.17, 15) is 4.79 Å². The fourth-order valence-electron chi connectivity index (χ4n) is 3.58. The SMILES string of the molecule is COc1nc(C(=O)N(C)CCC2CCCCN2C)cc2ccccc12. The van der Waals surface area contributed by atoms with E-state index in [1.165, 1.54) is 19.3 Å². The lowest BCUT2D eigenvalue weighted by Crippen LogP contribution is -2.39. The highest BCUT2D eigenvalue weighted by molar-refractivity contribution is 5.98. The van der Waals surface area contributed by atoms with Crippen LogP contribution in [-0.4, -0.2) is 61.0 Å². The fourth-order valence-corrected chi connectivity index (χ4v) is 3.58. The third kappa shape index (κ3) is 3.93. The summed E-state index contributed by atoms with van der Waals surface area (Å²) in [4.78, 5) is 21.4. The van der Waals surface area contributed by atoms with Crippen molar-refractivity contribution in [2.75, 3.05) is 34.3 Å². The lowest BCUT2D eigenvalue weighted by Gasteiger charge is -2.33. The lowest BCUT2D eigenvalue weighted by atomic mass is 10.00. The minimum atomic E-state index is -0.0532. The second-order valence-electron chi connectivity index (χ2n) is 6.88. The van der Waals surface area contributed by atoms with Crippen molar-refractivity contribution in [3.8, 4) is 5.88 Å². The van der Waals surface area contributed by atoms with Crippen molar-refractivity contribution < 1.29 is 9.53 Å². The van der Waals surface area contributed by atoms with Crippen molar-refractivity contribution in [3.05, 3.63) is 36.0 Å². The second-order valence-corrected chi connectivity index (χ2v) is 6.88. The Morgan fingerprint density at radius 2 is 2.16 bits per heavy atom. The fraction of sp³-hybridized carbons (Fsp3) is 0.500. The smallest absolute Gasteiger partial charge is 0.272 e. The molecule has 1 atom stereocenters. The van der Waals surface area contributed by atoms with Gasteiger partial charge in [-0.3, -0.25) is 4.79 Å². The Hall–Kier alpha value is -2.14. The van der Waals surface area contributed by atoms with Crippen LogP contribution in [0.2, 0.25) is 0 Å². The Balaban J connectivity index is 1.72. The molecular formula is C20H27N3O2. The summed E-state index contributed by atoms with van der Waals surface area (Å²) in [5, 5.41) is 1.89. The van der Waals surface area contributed by atoms with Gasteiger partial charge in [-0.15, -0.1) is 0 Å². The molecule has 1 aliphatic rings. The first kappa shape index (κ1) is 17.7. The van der Waals surface area contributed by atoms with Crippen molar-refractivity contribution in [1.29, 1.82) is 0 Å². The van der Waals surface area contributed by atoms with Crippen LogP contribution in [0.25, 0.3) is 10.8 Å². The number of hydrogen-bond donors (Lipinski definition) is 0. The Morgan fingerprint density at radius 3 is 2.92 bits per heavy atom. The molecule has 0 spiro atoms. The zero-order chi connectivity index (χ0) is 17.8. The Labute approximate surface area is 149 Å². The molecule has 1 fully saturated rings. The van der Waals surface area contributed by atoms with Gasteiger partial charge in [0.25, 0.3) is 5.91 Å². The van der Waals surface area contributed by atoms with Crippen molar-refractivity contribution in [1.82, 2.24) is 14.8 Å². The molecule has 1 unspecified atom stereocenters. The number of fused-ring (bicyclic) bond motifs is 1. The van der Waals surface area contributed by atoms with Crippen molar-refractivity contribution in [3.63, 3.8) is 0 Å². The summed E-state index contributed by atoms with van der Waals surface area (Å²) < 4.78 is 5.38. The molecule has 2 aromatic rings. The molecule has 3 rings (SSSR count). The standard InChI is InChI=1S/C20H27N3O2/c1-22-12-7-6-9-16(22)11-13-23(2)20(24)18-14-15-8-4-5-10-17(15)19(21-18)25-3/h4-5,8,10,14,16H,6-7,9,11-13H2,1-3H3. The molecule has 5 heteroatoms. The monoisotopic (exact) mass is 341 g/mol. The van der Waals surface area contributed by atoms with Gasteiger partial charge >= 0.3 is 0 Å². The molecule has 1 aliphatic heterocycles. The average Bonchev–Trinajstić information content (AvgIpc) is 2.65. The van der Waals surface area contributed by atoms with Gasteiger partial charge in [-0.25, -0.2) is 4.98 Å². The van der Waals surface area contributed by atoms with Gasteiger partial charge in [-0.05, 0) is 50.4 Å². The van der Waals surface area contributed by atoms with Gasteiger partial charge in [0.1, 0.15) is 5.69 Å². The lowest BCUT2D eigenvalue weighted by molar-refractivity contribution is 0.0764. The first-order valence-electron chi connectivity index (χ1n) is 8.99. The van der Waals surface area contributed by atoms with Crippen molar-refractivity contribution >= 4 is 16.7 Å². The number of carbonyl (C=O) groups is 1. The first-order valence-corrected chi connectivity index (χ1v) is 8.99. The molecule has 0 N–H and O–H groups in total. The van der Waals surface area contributed by atoms with Crippen LogP contribution < -0.4 is 4.74 Å². The number of nitrogens with zero attached hydrogens (tertiary/aromatic N) is 3. The van der Waals surface area contributed by atoms with Crippen molar-refractivity contribution in [2.24, 2.45) is 0 Å². The Kier molecular flexibility index (Phi) is 5.53. The van der Waals surface area contributed by atoms with Crippen LogP contribution in [-0.2, 0) is 0 Å². The largest absolute Gasteiger partial charge is 0.481 e. The molecule has 1 saturated heterocycles. The zero-order valence-corrected chi connectivity index (χ0v) is 15.4. The number of amides is 1. The van der Waals surface area contributed by atoms with Gasteiger partial charge in [-0.1, -0.05) is 24.6 Å². The van der Waals surface area contributed by atoms with E-state index in [0.29, 0.717) is 17.6 Å². The number of rotatable bonds is 5. The summed E-state index contributed by atoms with van der Waals surface area (Å²) in [6.07, 6.45) is 4.79. The molecule has 1 aromatic heterocycles. The number of carbonyl (C=O) groups excluding carboxylic acids is 1. The summed E-state index contributed by atoms with van der Waals surface area (Å²) in [7, 11) is 5.63. The molecule has 0 bridgehead atoms. The maximum Gasteiger partial charge on any atom is 0.272 e. The van der Waals surface area contributed by atoms with Crippen LogP contribution in [0.1, 0.15) is 36.2 Å². The summed E-state index contributed by atoms with van der Waals surface area (Å²) in [6.45, 7) is 1.90. The molecule has 0 aliphatic carbocycles. The van der Waals surface area contributed by atoms with E-state index < -0.39 is 0 Å². The number of ether oxygens (including phenoxy) is 1. The number of aromatic nitrogens is 1. The summed E-state index contributed by atoms with van der Waals surface area (Å²) >= 11 is 0. The number of piperidine rings is 1. The normalized spacial score (nSPS) is 18.3. The van der Waals surface area contributed by atoms with E-state index in [1.54, 1.807) is 12.0 Å². The molecule has 1 aromatic carbocycles. The Morgan fingerprint density at radius 1 is 1.36 bits per heavy atom. The minimum absolute atomic E-state index is 0.0532. The topological polar surface area (TPSA) is 45.7 Å². The summed E-state index contributed by atoms with van der Waals surface area (Å²) in [6, 6.07) is 10.3. The quantitative estimate of drug-likeness (QED) is 0.838. The molecule has 2 heterocycles. The summed E-state index contributed by atoms with van der Waals surface area (Å²) in [5.74, 6) is 0.448. The van der Waals surface area contributed by atoms with E-state index in [4.69, 9.17) is 4.74 Å². The van der Waals surface area contributed by atoms with Gasteiger partial charge in [0.2, 0.25) is 5.88 Å². The molecule has 5 nitrogen and oxygen atoms in total. The predicted octanol–water partition coefficient (Wildman–Crippen LogP) is 3.19. The van der Waals surface area contributed by atoms with Crippen LogP contribution >= 0.6 is 0 Å². The number of pyridine rings is 1. The highest BCUT2D eigenvalue weighted by atomic mass is 16.5. The maximum absolute atomic E-state index is 12.8. The third-order valence-electron chi connectivity index (χ3n) is 5.18. The molecule has 0 saturated carbocycles. The molecule has 134 valence electrons. The van der Waals surface area contributed by atoms with Crippen LogP contribution in [0.4, 0.5) is 0 Å². The average molecular weight is 341 g/mol. The van der Waals surface area contributed by atoms with Gasteiger partial charge in [0.05, 0.1) is 7.11 Å². The first-order chi connectivity index (χ1) is 12.1. The van der Waals surface area contributed by atoms with Crippen LogP contribution in [0.15, 0.2) is 30.3 Å². The number of likely N-dealkylation sites (tertiary alicyclic amines) is 1. The zero-order valence-electron chi connectivity index (χ0n) is 15.4. The minimum Gasteiger partial charge on any atom is -0.481 e. The highest BCUT2D eigenvalue weighted by Crippen LogP contribution is 2.25. The van der Waals surface area contributed by atoms with Crippen LogP contribution in [0, 0.1) is 0 Å². The number of benzene rings is 1. The number of hydrogen-bond acceptors (Lipinski definition) is 4. The Bertz CT molecular complexity index is 747. The van der Waals surface area contributed by atoms with Gasteiger partial charge < -0.3 is 14.5 Å². The number of methoxy groups -OCH3 is 1. The van der Waals surface area contributed by atoms with Crippen molar-refractivity contribution in [2.45, 2.75) is 31.7 Å². The molecule has 1 amide bonds. The highest BCUT2D eigenvalue weighted by Gasteiger charge is 2.21. The van der Waals surface area contributed by atoms with E-state index in [1.807, 2.05) is 37.4 Å². The maximum atomic E-state index is 12.8. The second kappa shape index (κ2) is 7.83. The molecular weight excluding hydrogens is 314 g/mol. The molecule has 0 radical (unpaired) electrons. The van der Waals surface area contributed by atoms with E-state index in [2.05, 4.69) is 16.9 Å². The van der Waals surface area contributed by atoms with Crippen LogP contribution in [0.5, 0.6) is 5.88 Å². The third-order valence-corrected chi connectivity index (χ3v) is 5.18. The molecule has 25 heavy (non-hydrogen) atoms. The predicted molar refractivity (Wildman–Crippen MR) is 100 cm³/mol. The van der Waals surface area contributed by atoms with Crippen LogP contribution in [0.3, 0.4) is 0 Å². The van der Waals surface area contributed by atoms with Gasteiger partial charge in [-0.2, -0.15) is 0 Å².